The molecule has 3 N–H and O–H groups in total. The van der Waals surface area contributed by atoms with Gasteiger partial charge in [-0.1, -0.05) is 6.07 Å². The monoisotopic (exact) mass is 195 g/mol. The van der Waals surface area contributed by atoms with Crippen molar-refractivity contribution in [2.45, 2.75) is 6.54 Å². The molecule has 1 rings (SSSR count). The number of ether oxygens (including phenoxy) is 1. The number of carbonyl (C=O) groups excluding carboxylic acids is 1. The van der Waals surface area contributed by atoms with Crippen LogP contribution in [-0.4, -0.2) is 24.6 Å². The van der Waals surface area contributed by atoms with Gasteiger partial charge in [-0.2, -0.15) is 0 Å². The molecular formula is C10H13NO3. The maximum Gasteiger partial charge on any atom is 0.192 e. The van der Waals surface area contributed by atoms with Gasteiger partial charge in [0.15, 0.2) is 5.78 Å². The van der Waals surface area contributed by atoms with E-state index in [0.717, 1.165) is 5.56 Å². The lowest BCUT2D eigenvalue weighted by Gasteiger charge is -2.04. The van der Waals surface area contributed by atoms with Crippen molar-refractivity contribution in [1.29, 1.82) is 0 Å². The molecule has 0 aliphatic carbocycles. The van der Waals surface area contributed by atoms with Crippen molar-refractivity contribution >= 4 is 5.78 Å². The number of carbonyl (C=O) groups is 1. The Bertz CT molecular complexity index is 336. The molecule has 0 saturated heterocycles. The van der Waals surface area contributed by atoms with Crippen LogP contribution in [0.4, 0.5) is 0 Å². The highest BCUT2D eigenvalue weighted by Crippen LogP contribution is 2.19. The Hall–Kier alpha value is -1.39. The molecule has 0 aromatic heterocycles. The number of Topliss-reactive ketones (excluding diaryl/α,β-unsaturated/α-hetero) is 1. The molecule has 76 valence electrons. The van der Waals surface area contributed by atoms with E-state index < -0.39 is 0 Å². The molecule has 0 amide bonds. The number of aromatic hydroxyl groups is 1. The highest BCUT2D eigenvalue weighted by Gasteiger charge is 2.10. The number of ketones is 1. The first kappa shape index (κ1) is 10.7. The molecule has 4 heteroatoms. The summed E-state index contributed by atoms with van der Waals surface area (Å²) >= 11 is 0. The van der Waals surface area contributed by atoms with Gasteiger partial charge in [0, 0.05) is 13.7 Å². The molecule has 1 aromatic carbocycles. The predicted molar refractivity (Wildman–Crippen MR) is 52.2 cm³/mol. The first-order valence-corrected chi connectivity index (χ1v) is 4.23. The van der Waals surface area contributed by atoms with Crippen LogP contribution in [0.3, 0.4) is 0 Å². The molecular weight excluding hydrogens is 182 g/mol. The van der Waals surface area contributed by atoms with Crippen molar-refractivity contribution in [3.63, 3.8) is 0 Å². The minimum Gasteiger partial charge on any atom is -0.507 e. The van der Waals surface area contributed by atoms with Gasteiger partial charge >= 0.3 is 0 Å². The molecule has 0 heterocycles. The molecule has 0 fully saturated rings. The molecule has 4 nitrogen and oxygen atoms in total. The maximum atomic E-state index is 11.3. The smallest absolute Gasteiger partial charge is 0.192 e. The third-order valence-electron chi connectivity index (χ3n) is 1.87. The molecule has 0 bridgehead atoms. The molecule has 0 aliphatic heterocycles. The van der Waals surface area contributed by atoms with E-state index in [2.05, 4.69) is 4.74 Å². The van der Waals surface area contributed by atoms with Crippen LogP contribution in [0.2, 0.25) is 0 Å². The molecule has 1 aromatic rings. The van der Waals surface area contributed by atoms with E-state index in [1.165, 1.54) is 13.2 Å². The second kappa shape index (κ2) is 4.74. The van der Waals surface area contributed by atoms with E-state index in [4.69, 9.17) is 5.73 Å². The van der Waals surface area contributed by atoms with Crippen molar-refractivity contribution in [1.82, 2.24) is 0 Å². The summed E-state index contributed by atoms with van der Waals surface area (Å²) in [6, 6.07) is 4.75. The third-order valence-corrected chi connectivity index (χ3v) is 1.87. The Morgan fingerprint density at radius 1 is 1.57 bits per heavy atom. The summed E-state index contributed by atoms with van der Waals surface area (Å²) in [7, 11) is 1.43. The van der Waals surface area contributed by atoms with Gasteiger partial charge in [-0.3, -0.25) is 4.79 Å². The number of benzene rings is 1. The average Bonchev–Trinajstić information content (AvgIpc) is 2.17. The van der Waals surface area contributed by atoms with Gasteiger partial charge < -0.3 is 15.6 Å². The largest absolute Gasteiger partial charge is 0.507 e. The van der Waals surface area contributed by atoms with Crippen LogP contribution in [0.15, 0.2) is 18.2 Å². The Balaban J connectivity index is 2.94. The summed E-state index contributed by atoms with van der Waals surface area (Å²) in [5.41, 5.74) is 6.44. The molecule has 14 heavy (non-hydrogen) atoms. The van der Waals surface area contributed by atoms with Crippen molar-refractivity contribution in [3.05, 3.63) is 29.3 Å². The lowest BCUT2D eigenvalue weighted by Crippen LogP contribution is -2.07. The number of rotatable bonds is 4. The lowest BCUT2D eigenvalue weighted by molar-refractivity contribution is 0.0845. The second-order valence-corrected chi connectivity index (χ2v) is 2.91. The van der Waals surface area contributed by atoms with Crippen LogP contribution in [-0.2, 0) is 11.3 Å². The zero-order valence-corrected chi connectivity index (χ0v) is 7.99. The van der Waals surface area contributed by atoms with Gasteiger partial charge in [-0.15, -0.1) is 0 Å². The highest BCUT2D eigenvalue weighted by atomic mass is 16.5. The van der Waals surface area contributed by atoms with E-state index in [1.54, 1.807) is 12.1 Å². The molecule has 0 spiro atoms. The van der Waals surface area contributed by atoms with Crippen molar-refractivity contribution in [2.24, 2.45) is 5.73 Å². The van der Waals surface area contributed by atoms with E-state index in [9.17, 15) is 9.90 Å². The molecule has 0 radical (unpaired) electrons. The topological polar surface area (TPSA) is 72.5 Å². The number of nitrogens with two attached hydrogens (primary N) is 1. The van der Waals surface area contributed by atoms with Crippen LogP contribution in [0.1, 0.15) is 15.9 Å². The normalized spacial score (nSPS) is 10.1. The number of phenols is 1. The maximum absolute atomic E-state index is 11.3. The summed E-state index contributed by atoms with van der Waals surface area (Å²) in [5, 5.41) is 9.49. The van der Waals surface area contributed by atoms with Gasteiger partial charge in [0.2, 0.25) is 0 Å². The van der Waals surface area contributed by atoms with Crippen molar-refractivity contribution in [2.75, 3.05) is 13.7 Å². The summed E-state index contributed by atoms with van der Waals surface area (Å²) in [6.45, 7) is 0.307. The van der Waals surface area contributed by atoms with E-state index in [0.29, 0.717) is 6.54 Å². The Morgan fingerprint density at radius 2 is 2.29 bits per heavy atom. The van der Waals surface area contributed by atoms with Gasteiger partial charge in [-0.05, 0) is 17.7 Å². The first-order valence-electron chi connectivity index (χ1n) is 4.23. The predicted octanol–water partition coefficient (Wildman–Crippen LogP) is 0.680. The minimum atomic E-state index is -0.242. The highest BCUT2D eigenvalue weighted by molar-refractivity contribution is 5.99. The minimum absolute atomic E-state index is 0.0322. The molecule has 0 saturated carbocycles. The van der Waals surface area contributed by atoms with Crippen LogP contribution >= 0.6 is 0 Å². The van der Waals surface area contributed by atoms with Crippen LogP contribution in [0.25, 0.3) is 0 Å². The summed E-state index contributed by atoms with van der Waals surface area (Å²) in [6.07, 6.45) is 0. The van der Waals surface area contributed by atoms with Gasteiger partial charge in [0.25, 0.3) is 0 Å². The van der Waals surface area contributed by atoms with Gasteiger partial charge in [0.1, 0.15) is 12.4 Å². The summed E-state index contributed by atoms with van der Waals surface area (Å²) in [5.74, 6) is -0.288. The summed E-state index contributed by atoms with van der Waals surface area (Å²) in [4.78, 5) is 11.3. The number of hydrogen-bond donors (Lipinski definition) is 2. The fourth-order valence-corrected chi connectivity index (χ4v) is 1.15. The Labute approximate surface area is 82.3 Å². The van der Waals surface area contributed by atoms with Crippen molar-refractivity contribution in [3.8, 4) is 5.75 Å². The Morgan fingerprint density at radius 3 is 2.79 bits per heavy atom. The van der Waals surface area contributed by atoms with Gasteiger partial charge in [0.05, 0.1) is 5.56 Å². The fourth-order valence-electron chi connectivity index (χ4n) is 1.15. The fraction of sp³-hybridized carbons (Fsp3) is 0.300. The SMILES string of the molecule is COCC(=O)c1ccc(CN)cc1O. The van der Waals surface area contributed by atoms with E-state index in [-0.39, 0.29) is 23.7 Å². The zero-order valence-electron chi connectivity index (χ0n) is 7.99. The number of methoxy groups -OCH3 is 1. The van der Waals surface area contributed by atoms with Crippen LogP contribution in [0, 0.1) is 0 Å². The summed E-state index contributed by atoms with van der Waals surface area (Å²) < 4.78 is 4.68. The third kappa shape index (κ3) is 2.31. The number of hydrogen-bond acceptors (Lipinski definition) is 4. The molecule has 0 unspecified atom stereocenters. The lowest BCUT2D eigenvalue weighted by atomic mass is 10.1. The quantitative estimate of drug-likeness (QED) is 0.693. The van der Waals surface area contributed by atoms with E-state index in [1.807, 2.05) is 0 Å². The standard InChI is InChI=1S/C10H13NO3/c1-14-6-10(13)8-3-2-7(5-11)4-9(8)12/h2-4,12H,5-6,11H2,1H3. The average molecular weight is 195 g/mol. The van der Waals surface area contributed by atoms with Crippen LogP contribution < -0.4 is 5.73 Å². The van der Waals surface area contributed by atoms with Crippen LogP contribution in [0.5, 0.6) is 5.75 Å². The van der Waals surface area contributed by atoms with Crippen molar-refractivity contribution < 1.29 is 14.6 Å². The Kier molecular flexibility index (Phi) is 3.62. The first-order chi connectivity index (χ1) is 6.69. The van der Waals surface area contributed by atoms with Gasteiger partial charge in [-0.25, -0.2) is 0 Å². The molecule has 0 atom stereocenters. The number of phenolic OH excluding ortho intramolecular Hbond substituents is 1. The van der Waals surface area contributed by atoms with E-state index >= 15 is 0 Å². The zero-order chi connectivity index (χ0) is 10.6. The second-order valence-electron chi connectivity index (χ2n) is 2.91. The molecule has 0 aliphatic rings.